The van der Waals surface area contributed by atoms with E-state index in [0.717, 1.165) is 25.7 Å². The normalized spacial score (nSPS) is 46.6. The molecule has 3 heteroatoms. The van der Waals surface area contributed by atoms with Crippen molar-refractivity contribution in [2.75, 3.05) is 0 Å². The molecular weight excluding hydrogens is 384 g/mol. The van der Waals surface area contributed by atoms with Crippen molar-refractivity contribution in [1.82, 2.24) is 0 Å². The standard InChI is InChI=1S/C28H44O3/c1-7-20-24-15-19(30)10-12-28(24,6)23-11-13-27(5)21(17(3)14-16(2)18(4)29)8-9-22(27)25(23)26(20)31/h16-17,20-25H,7-15H2,1-6H3/t16-,17+,20+,21+,22?,23?,24?,25?,27+,28+/m0/s1. The van der Waals surface area contributed by atoms with Gasteiger partial charge in [-0.3, -0.25) is 14.4 Å². The summed E-state index contributed by atoms with van der Waals surface area (Å²) >= 11 is 0. The van der Waals surface area contributed by atoms with E-state index in [1.165, 1.54) is 19.3 Å². The molecule has 4 aliphatic carbocycles. The summed E-state index contributed by atoms with van der Waals surface area (Å²) in [7, 11) is 0. The van der Waals surface area contributed by atoms with Crippen LogP contribution in [0.4, 0.5) is 0 Å². The van der Waals surface area contributed by atoms with E-state index in [0.29, 0.717) is 53.9 Å². The van der Waals surface area contributed by atoms with Gasteiger partial charge in [0.05, 0.1) is 0 Å². The molecule has 3 nitrogen and oxygen atoms in total. The molecule has 0 saturated heterocycles. The van der Waals surface area contributed by atoms with Gasteiger partial charge in [-0.15, -0.1) is 0 Å². The molecule has 10 atom stereocenters. The van der Waals surface area contributed by atoms with Crippen LogP contribution in [0.3, 0.4) is 0 Å². The average molecular weight is 429 g/mol. The molecule has 0 bridgehead atoms. The summed E-state index contributed by atoms with van der Waals surface area (Å²) < 4.78 is 0. The van der Waals surface area contributed by atoms with Gasteiger partial charge in [0.1, 0.15) is 17.3 Å². The van der Waals surface area contributed by atoms with Gasteiger partial charge in [-0.05, 0) is 92.3 Å². The first kappa shape index (κ1) is 23.2. The minimum absolute atomic E-state index is 0.0760. The maximum absolute atomic E-state index is 14.0. The van der Waals surface area contributed by atoms with E-state index >= 15 is 0 Å². The van der Waals surface area contributed by atoms with Gasteiger partial charge in [0.15, 0.2) is 0 Å². The summed E-state index contributed by atoms with van der Waals surface area (Å²) in [6, 6.07) is 0. The molecule has 174 valence electrons. The van der Waals surface area contributed by atoms with Crippen LogP contribution < -0.4 is 0 Å². The fourth-order valence-corrected chi connectivity index (χ4v) is 9.31. The Balaban J connectivity index is 1.63. The van der Waals surface area contributed by atoms with Crippen molar-refractivity contribution in [3.8, 4) is 0 Å². The third-order valence-corrected chi connectivity index (χ3v) is 11.2. The van der Waals surface area contributed by atoms with E-state index in [-0.39, 0.29) is 34.5 Å². The molecule has 4 unspecified atom stereocenters. The molecule has 31 heavy (non-hydrogen) atoms. The summed E-state index contributed by atoms with van der Waals surface area (Å²) in [6.45, 7) is 13.2. The number of hydrogen-bond donors (Lipinski definition) is 0. The molecule has 4 saturated carbocycles. The SMILES string of the molecule is CC[C@H]1C(=O)C2C(CC[C@@]3(C)C2CC[C@@H]3[C@H](C)C[C@H](C)C(C)=O)[C@@]2(C)CCC(=O)CC12. The van der Waals surface area contributed by atoms with E-state index in [1.54, 1.807) is 6.92 Å². The van der Waals surface area contributed by atoms with Crippen LogP contribution in [0.1, 0.15) is 99.3 Å². The summed E-state index contributed by atoms with van der Waals surface area (Å²) in [6.07, 6.45) is 8.93. The van der Waals surface area contributed by atoms with Crippen LogP contribution in [0.5, 0.6) is 0 Å². The van der Waals surface area contributed by atoms with Crippen molar-refractivity contribution in [2.24, 2.45) is 58.2 Å². The number of rotatable bonds is 5. The molecule has 0 aromatic heterocycles. The summed E-state index contributed by atoms with van der Waals surface area (Å²) in [5.74, 6) is 3.95. The highest BCUT2D eigenvalue weighted by atomic mass is 16.1. The highest BCUT2D eigenvalue weighted by Crippen LogP contribution is 2.68. The Labute approximate surface area is 189 Å². The van der Waals surface area contributed by atoms with E-state index in [4.69, 9.17) is 0 Å². The van der Waals surface area contributed by atoms with Crippen molar-refractivity contribution in [3.05, 3.63) is 0 Å². The topological polar surface area (TPSA) is 51.2 Å². The number of ketones is 3. The van der Waals surface area contributed by atoms with Gasteiger partial charge in [-0.2, -0.15) is 0 Å². The number of fused-ring (bicyclic) bond motifs is 5. The second-order valence-corrected chi connectivity index (χ2v) is 12.5. The Morgan fingerprint density at radius 3 is 2.32 bits per heavy atom. The zero-order chi connectivity index (χ0) is 22.7. The van der Waals surface area contributed by atoms with Gasteiger partial charge < -0.3 is 0 Å². The average Bonchev–Trinajstić information content (AvgIpc) is 3.06. The van der Waals surface area contributed by atoms with Gasteiger partial charge in [-0.25, -0.2) is 0 Å². The van der Waals surface area contributed by atoms with Crippen LogP contribution in [-0.4, -0.2) is 17.3 Å². The predicted octanol–water partition coefficient (Wildman–Crippen LogP) is 6.28. The van der Waals surface area contributed by atoms with Crippen molar-refractivity contribution < 1.29 is 14.4 Å². The smallest absolute Gasteiger partial charge is 0.139 e. The van der Waals surface area contributed by atoms with E-state index in [2.05, 4.69) is 34.6 Å². The van der Waals surface area contributed by atoms with Gasteiger partial charge in [0.25, 0.3) is 0 Å². The van der Waals surface area contributed by atoms with Crippen LogP contribution >= 0.6 is 0 Å². The highest BCUT2D eigenvalue weighted by molar-refractivity contribution is 5.88. The Bertz CT molecular complexity index is 755. The maximum Gasteiger partial charge on any atom is 0.139 e. The third-order valence-electron chi connectivity index (χ3n) is 11.2. The van der Waals surface area contributed by atoms with Crippen LogP contribution in [0.15, 0.2) is 0 Å². The number of Topliss-reactive ketones (excluding diaryl/α,β-unsaturated/α-hetero) is 3. The third kappa shape index (κ3) is 3.48. The minimum atomic E-state index is 0.0760. The Morgan fingerprint density at radius 1 is 1.00 bits per heavy atom. The summed E-state index contributed by atoms with van der Waals surface area (Å²) in [5.41, 5.74) is 0.375. The van der Waals surface area contributed by atoms with Crippen molar-refractivity contribution >= 4 is 17.3 Å². The van der Waals surface area contributed by atoms with Gasteiger partial charge in [0, 0.05) is 30.6 Å². The lowest BCUT2D eigenvalue weighted by atomic mass is 9.42. The zero-order valence-corrected chi connectivity index (χ0v) is 20.7. The number of hydrogen-bond acceptors (Lipinski definition) is 3. The molecule has 0 radical (unpaired) electrons. The Hall–Kier alpha value is -0.990. The Morgan fingerprint density at radius 2 is 1.68 bits per heavy atom. The maximum atomic E-state index is 14.0. The highest BCUT2D eigenvalue weighted by Gasteiger charge is 2.65. The first-order valence-corrected chi connectivity index (χ1v) is 13.1. The van der Waals surface area contributed by atoms with Crippen LogP contribution in [0.25, 0.3) is 0 Å². The molecule has 4 aliphatic rings. The van der Waals surface area contributed by atoms with Gasteiger partial charge >= 0.3 is 0 Å². The largest absolute Gasteiger partial charge is 0.300 e. The summed E-state index contributed by atoms with van der Waals surface area (Å²) in [4.78, 5) is 38.2. The number of carbonyl (C=O) groups excluding carboxylic acids is 3. The first-order chi connectivity index (χ1) is 14.5. The van der Waals surface area contributed by atoms with Gasteiger partial charge in [-0.1, -0.05) is 34.6 Å². The molecule has 0 aromatic rings. The molecule has 0 aliphatic heterocycles. The van der Waals surface area contributed by atoms with E-state index < -0.39 is 0 Å². The first-order valence-electron chi connectivity index (χ1n) is 13.1. The Kier molecular flexibility index (Phi) is 6.06. The molecule has 4 fully saturated rings. The van der Waals surface area contributed by atoms with Crippen molar-refractivity contribution in [3.63, 3.8) is 0 Å². The predicted molar refractivity (Wildman–Crippen MR) is 123 cm³/mol. The molecule has 0 spiro atoms. The quantitative estimate of drug-likeness (QED) is 0.518. The zero-order valence-electron chi connectivity index (χ0n) is 20.7. The van der Waals surface area contributed by atoms with Crippen LogP contribution in [-0.2, 0) is 14.4 Å². The molecule has 0 heterocycles. The second kappa shape index (κ2) is 8.10. The molecule has 0 N–H and O–H groups in total. The lowest BCUT2D eigenvalue weighted by molar-refractivity contribution is -0.170. The lowest BCUT2D eigenvalue weighted by Gasteiger charge is -2.61. The monoisotopic (exact) mass is 428 g/mol. The lowest BCUT2D eigenvalue weighted by Crippen LogP contribution is -2.60. The van der Waals surface area contributed by atoms with Crippen LogP contribution in [0, 0.1) is 58.2 Å². The second-order valence-electron chi connectivity index (χ2n) is 12.5. The fourth-order valence-electron chi connectivity index (χ4n) is 9.31. The van der Waals surface area contributed by atoms with Crippen LogP contribution in [0.2, 0.25) is 0 Å². The van der Waals surface area contributed by atoms with Gasteiger partial charge in [0.2, 0.25) is 0 Å². The number of carbonyl (C=O) groups is 3. The molecule has 4 rings (SSSR count). The molecule has 0 aromatic carbocycles. The van der Waals surface area contributed by atoms with Crippen molar-refractivity contribution in [2.45, 2.75) is 99.3 Å². The van der Waals surface area contributed by atoms with E-state index in [9.17, 15) is 14.4 Å². The van der Waals surface area contributed by atoms with Crippen molar-refractivity contribution in [1.29, 1.82) is 0 Å². The fraction of sp³-hybridized carbons (Fsp3) is 0.893. The molecule has 0 amide bonds. The van der Waals surface area contributed by atoms with E-state index in [1.807, 2.05) is 0 Å². The molecular formula is C28H44O3. The summed E-state index contributed by atoms with van der Waals surface area (Å²) in [5, 5.41) is 0. The minimum Gasteiger partial charge on any atom is -0.300 e.